The van der Waals surface area contributed by atoms with Gasteiger partial charge in [-0.3, -0.25) is 34.0 Å². The molecular weight excluding hydrogens is 1230 g/mol. The first-order valence-corrected chi connectivity index (χ1v) is 30.3. The number of carbonyl (C=O) groups is 8. The van der Waals surface area contributed by atoms with Crippen LogP contribution in [-0.4, -0.2) is 113 Å². The summed E-state index contributed by atoms with van der Waals surface area (Å²) in [6, 6.07) is 20.9. The number of hydrogen-bond acceptors (Lipinski definition) is 13. The van der Waals surface area contributed by atoms with Gasteiger partial charge in [0.15, 0.2) is 0 Å². The molecule has 0 saturated heterocycles. The standard InChI is InChI=1S/C67H65F6N11O10/c1-5-93-62(89)56-38(3)83(51-11-7-9-45(31-51)66(68,69)70)64(91)81(58(56)42-17-13-40(33-74)14-18-42)36-54(85)77-47-22-26-49(27-23-47)79-60(87)44-21-30-53(76-35-44)61(88)80-50-28-24-48(25-29-50)78-55(86)37-82-59(43-19-15-41(34-75)16-20-43)57(63(90)94-6-2)39(4)84(65(82)92)52-12-8-10-46(32-52)67(71,72)73/h7-21,30-32,35,47-50,58-59H,5-6,22-29,36-37H2,1-4H3,(H,77,85)(H,78,86)(H,79,87)(H,80,88). The molecule has 2 atom stereocenters. The van der Waals surface area contributed by atoms with Crippen molar-refractivity contribution in [1.82, 2.24) is 36.1 Å². The SMILES string of the molecule is CCOC(=O)C1=C(C)N(c2cccc(C(F)(F)F)c2)C(=O)N(CC(=O)NC2CCC(NC(=O)c3ccc(C(=O)NC4CCC(NC(=O)CN5C(=O)N(c6cccc(C(F)(F)F)c6)C(C)=C(C(=O)OCC)C5c5ccc(C#N)cc5)CC4)nc3)CC2)C1c1ccc(C#N)cc1. The summed E-state index contributed by atoms with van der Waals surface area (Å²) in [6.07, 6.45) is -5.06. The Balaban J connectivity index is 0.781. The van der Waals surface area contributed by atoms with Crippen LogP contribution in [0.1, 0.15) is 145 Å². The van der Waals surface area contributed by atoms with Crippen LogP contribution in [0, 0.1) is 22.7 Å². The Hall–Kier alpha value is -10.6. The van der Waals surface area contributed by atoms with Crippen LogP contribution in [0.15, 0.2) is 138 Å². The quantitative estimate of drug-likeness (QED) is 0.0470. The summed E-state index contributed by atoms with van der Waals surface area (Å²) in [6.45, 7) is 4.44. The van der Waals surface area contributed by atoms with Crippen LogP contribution >= 0.6 is 0 Å². The van der Waals surface area contributed by atoms with Crippen molar-refractivity contribution < 1.29 is 74.2 Å². The van der Waals surface area contributed by atoms with Crippen molar-refractivity contribution in [3.05, 3.63) is 183 Å². The fraction of sp³-hybridized carbons (Fsp3) is 0.358. The van der Waals surface area contributed by atoms with Gasteiger partial charge in [0.1, 0.15) is 18.8 Å². The van der Waals surface area contributed by atoms with Crippen molar-refractivity contribution in [3.63, 3.8) is 0 Å². The molecule has 27 heteroatoms. The Labute approximate surface area is 536 Å². The third-order valence-corrected chi connectivity index (χ3v) is 16.8. The molecule has 0 spiro atoms. The Morgan fingerprint density at radius 3 is 1.24 bits per heavy atom. The number of nitrogens with one attached hydrogen (secondary N) is 4. The Morgan fingerprint density at radius 1 is 0.532 bits per heavy atom. The van der Waals surface area contributed by atoms with E-state index in [-0.39, 0.29) is 81.6 Å². The number of nitriles is 2. The first-order valence-electron chi connectivity index (χ1n) is 30.3. The minimum atomic E-state index is -4.78. The number of carbonyl (C=O) groups excluding carboxylic acids is 8. The second-order valence-electron chi connectivity index (χ2n) is 22.9. The monoisotopic (exact) mass is 1300 g/mol. The molecule has 490 valence electrons. The van der Waals surface area contributed by atoms with E-state index in [4.69, 9.17) is 9.47 Å². The second-order valence-corrected chi connectivity index (χ2v) is 22.9. The number of nitrogens with zero attached hydrogens (tertiary/aromatic N) is 7. The second kappa shape index (κ2) is 28.9. The van der Waals surface area contributed by atoms with E-state index in [1.165, 1.54) is 92.8 Å². The van der Waals surface area contributed by atoms with Crippen molar-refractivity contribution >= 4 is 59.0 Å². The molecule has 9 rings (SSSR count). The van der Waals surface area contributed by atoms with Gasteiger partial charge in [-0.2, -0.15) is 36.9 Å². The molecule has 21 nitrogen and oxygen atoms in total. The number of halogens is 6. The van der Waals surface area contributed by atoms with E-state index >= 15 is 0 Å². The van der Waals surface area contributed by atoms with Gasteiger partial charge in [-0.15, -0.1) is 0 Å². The van der Waals surface area contributed by atoms with E-state index in [0.717, 1.165) is 56.0 Å². The zero-order chi connectivity index (χ0) is 67.8. The van der Waals surface area contributed by atoms with E-state index in [1.807, 2.05) is 12.1 Å². The number of esters is 2. The summed E-state index contributed by atoms with van der Waals surface area (Å²) in [5, 5.41) is 30.8. The summed E-state index contributed by atoms with van der Waals surface area (Å²) in [5.41, 5.74) is -1.45. The van der Waals surface area contributed by atoms with Gasteiger partial charge >= 0.3 is 36.4 Å². The number of allylic oxidation sites excluding steroid dienone is 2. The first kappa shape index (κ1) is 67.8. The van der Waals surface area contributed by atoms with E-state index < -0.39 is 108 Å². The maximum Gasteiger partial charge on any atom is 0.416 e. The molecule has 4 aromatic carbocycles. The molecule has 2 aliphatic carbocycles. The lowest BCUT2D eigenvalue weighted by Crippen LogP contribution is -2.54. The van der Waals surface area contributed by atoms with Crippen molar-refractivity contribution in [2.75, 3.05) is 36.1 Å². The number of anilines is 2. The summed E-state index contributed by atoms with van der Waals surface area (Å²) in [4.78, 5) is 120. The first-order chi connectivity index (χ1) is 44.8. The van der Waals surface area contributed by atoms with E-state index in [9.17, 15) is 75.2 Å². The highest BCUT2D eigenvalue weighted by Gasteiger charge is 2.47. The summed E-state index contributed by atoms with van der Waals surface area (Å²) in [7, 11) is 0. The molecule has 2 aliphatic heterocycles. The van der Waals surface area contributed by atoms with E-state index in [0.29, 0.717) is 62.5 Å². The maximum absolute atomic E-state index is 14.6. The summed E-state index contributed by atoms with van der Waals surface area (Å²) < 4.78 is 94.6. The maximum atomic E-state index is 14.6. The number of rotatable bonds is 18. The van der Waals surface area contributed by atoms with E-state index in [2.05, 4.69) is 26.3 Å². The fourth-order valence-corrected chi connectivity index (χ4v) is 12.2. The Morgan fingerprint density at radius 2 is 0.904 bits per heavy atom. The van der Waals surface area contributed by atoms with Crippen LogP contribution in [0.2, 0.25) is 0 Å². The Kier molecular flexibility index (Phi) is 20.9. The van der Waals surface area contributed by atoms with Crippen molar-refractivity contribution in [2.45, 2.75) is 128 Å². The molecule has 2 saturated carbocycles. The molecule has 94 heavy (non-hydrogen) atoms. The molecule has 0 radical (unpaired) electrons. The fourth-order valence-electron chi connectivity index (χ4n) is 12.2. The number of pyridine rings is 1. The zero-order valence-corrected chi connectivity index (χ0v) is 51.4. The average molecular weight is 1300 g/mol. The zero-order valence-electron chi connectivity index (χ0n) is 51.4. The number of urea groups is 2. The lowest BCUT2D eigenvalue weighted by molar-refractivity contribution is -0.140. The van der Waals surface area contributed by atoms with Gasteiger partial charge in [0.2, 0.25) is 11.8 Å². The molecule has 1 aromatic heterocycles. The normalized spacial score (nSPS) is 20.2. The smallest absolute Gasteiger partial charge is 0.416 e. The van der Waals surface area contributed by atoms with Gasteiger partial charge in [-0.05, 0) is 163 Å². The molecule has 8 amide bonds. The molecule has 3 heterocycles. The van der Waals surface area contributed by atoms with Crippen molar-refractivity contribution in [3.8, 4) is 12.1 Å². The largest absolute Gasteiger partial charge is 0.463 e. The minimum absolute atomic E-state index is 0.0259. The molecule has 0 bridgehead atoms. The summed E-state index contributed by atoms with van der Waals surface area (Å²) in [5.74, 6) is -4.03. The van der Waals surface area contributed by atoms with Gasteiger partial charge in [-0.25, -0.2) is 19.2 Å². The third kappa shape index (κ3) is 15.3. The molecule has 4 N–H and O–H groups in total. The van der Waals surface area contributed by atoms with Crippen molar-refractivity contribution in [1.29, 1.82) is 10.5 Å². The third-order valence-electron chi connectivity index (χ3n) is 16.8. The number of hydrogen-bond donors (Lipinski definition) is 4. The highest BCUT2D eigenvalue weighted by molar-refractivity contribution is 6.06. The molecule has 4 aliphatic rings. The predicted molar refractivity (Wildman–Crippen MR) is 326 cm³/mol. The van der Waals surface area contributed by atoms with Gasteiger partial charge < -0.3 is 40.5 Å². The number of amides is 8. The predicted octanol–water partition coefficient (Wildman–Crippen LogP) is 10.2. The van der Waals surface area contributed by atoms with Crippen LogP contribution in [0.4, 0.5) is 47.3 Å². The molecule has 5 aromatic rings. The molecule has 2 fully saturated rings. The van der Waals surface area contributed by atoms with E-state index in [1.54, 1.807) is 13.8 Å². The van der Waals surface area contributed by atoms with Gasteiger partial charge in [-0.1, -0.05) is 36.4 Å². The number of ether oxygens (including phenoxy) is 2. The Bertz CT molecular complexity index is 3640. The van der Waals surface area contributed by atoms with Crippen LogP contribution in [0.25, 0.3) is 0 Å². The average Bonchev–Trinajstić information content (AvgIpc) is 0.752. The van der Waals surface area contributed by atoms with Crippen LogP contribution < -0.4 is 31.1 Å². The highest BCUT2D eigenvalue weighted by atomic mass is 19.4. The van der Waals surface area contributed by atoms with Crippen LogP contribution in [0.5, 0.6) is 0 Å². The molecular formula is C67H65F6N11O10. The summed E-state index contributed by atoms with van der Waals surface area (Å²) >= 11 is 0. The van der Waals surface area contributed by atoms with Crippen LogP contribution in [0.3, 0.4) is 0 Å². The van der Waals surface area contributed by atoms with Gasteiger partial charge in [0, 0.05) is 41.8 Å². The number of alkyl halides is 6. The number of aromatic nitrogens is 1. The van der Waals surface area contributed by atoms with Crippen molar-refractivity contribution in [2.24, 2.45) is 0 Å². The molecule has 2 unspecified atom stereocenters. The van der Waals surface area contributed by atoms with Gasteiger partial charge in [0.25, 0.3) is 11.8 Å². The lowest BCUT2D eigenvalue weighted by Gasteiger charge is -2.42. The highest BCUT2D eigenvalue weighted by Crippen LogP contribution is 2.44. The number of benzene rings is 4. The van der Waals surface area contributed by atoms with Crippen LogP contribution in [-0.2, 0) is 41.0 Å². The minimum Gasteiger partial charge on any atom is -0.463 e. The lowest BCUT2D eigenvalue weighted by atomic mass is 9.90. The topological polar surface area (TPSA) is 277 Å². The van der Waals surface area contributed by atoms with Gasteiger partial charge in [0.05, 0.1) is 87.8 Å².